The van der Waals surface area contributed by atoms with Crippen LogP contribution in [0.25, 0.3) is 0 Å². The zero-order chi connectivity index (χ0) is 19.5. The van der Waals surface area contributed by atoms with Crippen molar-refractivity contribution in [1.29, 1.82) is 0 Å². The molecule has 6 rings (SSSR count). The average molecular weight is 396 g/mol. The number of carbonyl (C=O) groups is 2. The minimum Gasteiger partial charge on any atom is -0.338 e. The van der Waals surface area contributed by atoms with Gasteiger partial charge in [0.25, 0.3) is 0 Å². The second kappa shape index (κ2) is 6.76. The molecule has 1 aromatic heterocycles. The van der Waals surface area contributed by atoms with Crippen molar-refractivity contribution in [2.45, 2.75) is 38.1 Å². The molecule has 2 aliphatic carbocycles. The summed E-state index contributed by atoms with van der Waals surface area (Å²) in [6.07, 6.45) is 9.22. The summed E-state index contributed by atoms with van der Waals surface area (Å²) >= 11 is 0. The lowest BCUT2D eigenvalue weighted by Gasteiger charge is -2.46. The molecule has 1 aromatic rings. The molecule has 6 atom stereocenters. The number of nitrogens with zero attached hydrogens (tertiary/aromatic N) is 5. The molecule has 5 aliphatic rings. The number of fused-ring (bicyclic) bond motifs is 6. The van der Waals surface area contributed by atoms with Crippen molar-refractivity contribution in [3.63, 3.8) is 0 Å². The standard InChI is InChI=1S/C22H29N5O2/c28-20-18-15-3-4-16(10-15)19(18)21(29)27(20)12-14-2-5-17-13-26(9-8-25(17)11-14)22-23-6-1-7-24-22/h1,6-7,14-19H,2-5,8-13H2/t14-,15-,16+,17-,18?,19?/m0/s1. The Morgan fingerprint density at radius 1 is 0.897 bits per heavy atom. The Bertz CT molecular complexity index is 789. The molecule has 2 saturated carbocycles. The summed E-state index contributed by atoms with van der Waals surface area (Å²) in [7, 11) is 0. The van der Waals surface area contributed by atoms with E-state index in [0.717, 1.165) is 64.2 Å². The van der Waals surface area contributed by atoms with E-state index in [2.05, 4.69) is 19.8 Å². The predicted molar refractivity (Wildman–Crippen MR) is 107 cm³/mol. The molecule has 7 nitrogen and oxygen atoms in total. The number of piperidine rings is 1. The van der Waals surface area contributed by atoms with Crippen molar-refractivity contribution in [3.05, 3.63) is 18.5 Å². The fourth-order valence-electron chi connectivity index (χ4n) is 6.95. The first-order chi connectivity index (χ1) is 14.2. The molecule has 0 spiro atoms. The van der Waals surface area contributed by atoms with E-state index in [0.29, 0.717) is 30.3 Å². The zero-order valence-corrected chi connectivity index (χ0v) is 16.8. The maximum absolute atomic E-state index is 13.0. The normalized spacial score (nSPS) is 39.2. The van der Waals surface area contributed by atoms with Gasteiger partial charge in [-0.25, -0.2) is 9.97 Å². The molecular weight excluding hydrogens is 366 g/mol. The summed E-state index contributed by atoms with van der Waals surface area (Å²) in [5.74, 6) is 2.55. The lowest BCUT2D eigenvalue weighted by atomic mass is 9.81. The summed E-state index contributed by atoms with van der Waals surface area (Å²) in [6, 6.07) is 2.37. The third-order valence-electron chi connectivity index (χ3n) is 8.30. The first-order valence-electron chi connectivity index (χ1n) is 11.3. The molecule has 7 heteroatoms. The molecule has 2 unspecified atom stereocenters. The number of hydrogen-bond donors (Lipinski definition) is 0. The zero-order valence-electron chi connectivity index (χ0n) is 16.8. The van der Waals surface area contributed by atoms with Crippen molar-refractivity contribution >= 4 is 17.8 Å². The van der Waals surface area contributed by atoms with Crippen LogP contribution in [0.2, 0.25) is 0 Å². The fraction of sp³-hybridized carbons (Fsp3) is 0.727. The van der Waals surface area contributed by atoms with Crippen molar-refractivity contribution in [2.24, 2.45) is 29.6 Å². The van der Waals surface area contributed by atoms with Crippen molar-refractivity contribution in [1.82, 2.24) is 19.8 Å². The van der Waals surface area contributed by atoms with E-state index < -0.39 is 0 Å². The highest BCUT2D eigenvalue weighted by Gasteiger charge is 2.60. The van der Waals surface area contributed by atoms with E-state index in [1.807, 2.05) is 6.07 Å². The fourth-order valence-corrected chi connectivity index (χ4v) is 6.95. The van der Waals surface area contributed by atoms with Gasteiger partial charge in [0.2, 0.25) is 17.8 Å². The lowest BCUT2D eigenvalue weighted by molar-refractivity contribution is -0.142. The van der Waals surface area contributed by atoms with Crippen LogP contribution in [0.3, 0.4) is 0 Å². The van der Waals surface area contributed by atoms with Gasteiger partial charge in [-0.2, -0.15) is 0 Å². The first-order valence-corrected chi connectivity index (χ1v) is 11.3. The van der Waals surface area contributed by atoms with Gasteiger partial charge in [0.15, 0.2) is 0 Å². The van der Waals surface area contributed by atoms with Gasteiger partial charge in [0.1, 0.15) is 0 Å². The summed E-state index contributed by atoms with van der Waals surface area (Å²) in [5.41, 5.74) is 0. The topological polar surface area (TPSA) is 69.6 Å². The number of piperazine rings is 1. The van der Waals surface area contributed by atoms with Crippen LogP contribution < -0.4 is 4.90 Å². The number of likely N-dealkylation sites (tertiary alicyclic amines) is 1. The molecular formula is C22H29N5O2. The molecule has 2 bridgehead atoms. The summed E-state index contributed by atoms with van der Waals surface area (Å²) in [5, 5.41) is 0. The number of rotatable bonds is 3. The lowest BCUT2D eigenvalue weighted by Crippen LogP contribution is -2.58. The minimum atomic E-state index is 0.0204. The van der Waals surface area contributed by atoms with Crippen molar-refractivity contribution in [2.75, 3.05) is 37.6 Å². The summed E-state index contributed by atoms with van der Waals surface area (Å²) in [6.45, 7) is 4.52. The number of hydrogen-bond acceptors (Lipinski definition) is 6. The summed E-state index contributed by atoms with van der Waals surface area (Å²) in [4.78, 5) is 41.3. The van der Waals surface area contributed by atoms with Crippen LogP contribution >= 0.6 is 0 Å². The average Bonchev–Trinajstić information content (AvgIpc) is 3.44. The molecule has 3 saturated heterocycles. The third-order valence-corrected chi connectivity index (χ3v) is 8.30. The van der Waals surface area contributed by atoms with Crippen molar-refractivity contribution in [3.8, 4) is 0 Å². The second-order valence-corrected chi connectivity index (χ2v) is 9.76. The van der Waals surface area contributed by atoms with E-state index in [-0.39, 0.29) is 23.7 Å². The van der Waals surface area contributed by atoms with Crippen LogP contribution in [0.5, 0.6) is 0 Å². The molecule has 3 aliphatic heterocycles. The van der Waals surface area contributed by atoms with Gasteiger partial charge < -0.3 is 4.90 Å². The molecule has 29 heavy (non-hydrogen) atoms. The highest BCUT2D eigenvalue weighted by atomic mass is 16.2. The van der Waals surface area contributed by atoms with Crippen LogP contribution in [0.4, 0.5) is 5.95 Å². The quantitative estimate of drug-likeness (QED) is 0.721. The molecule has 0 radical (unpaired) electrons. The van der Waals surface area contributed by atoms with Gasteiger partial charge in [-0.1, -0.05) is 0 Å². The second-order valence-electron chi connectivity index (χ2n) is 9.76. The maximum Gasteiger partial charge on any atom is 0.233 e. The molecule has 4 heterocycles. The van der Waals surface area contributed by atoms with Crippen LogP contribution in [-0.4, -0.2) is 70.3 Å². The monoisotopic (exact) mass is 395 g/mol. The van der Waals surface area contributed by atoms with E-state index in [4.69, 9.17) is 0 Å². The molecule has 0 aromatic carbocycles. The predicted octanol–water partition coefficient (Wildman–Crippen LogP) is 1.41. The van der Waals surface area contributed by atoms with Crippen LogP contribution in [-0.2, 0) is 9.59 Å². The molecule has 5 fully saturated rings. The van der Waals surface area contributed by atoms with Gasteiger partial charge in [-0.3, -0.25) is 19.4 Å². The van der Waals surface area contributed by atoms with E-state index in [1.165, 1.54) is 0 Å². The number of amides is 2. The van der Waals surface area contributed by atoms with Gasteiger partial charge in [0.05, 0.1) is 11.8 Å². The Morgan fingerprint density at radius 3 is 2.34 bits per heavy atom. The SMILES string of the molecule is O=C1C2C(C(=O)N1C[C@H]1CC[C@H]3CN(c4ncccn4)CCN3C1)[C@H]1CC[C@@H]2C1. The Kier molecular flexibility index (Phi) is 4.15. The highest BCUT2D eigenvalue weighted by Crippen LogP contribution is 2.56. The molecule has 2 amide bonds. The summed E-state index contributed by atoms with van der Waals surface area (Å²) < 4.78 is 0. The molecule has 154 valence electrons. The van der Waals surface area contributed by atoms with Crippen LogP contribution in [0.1, 0.15) is 32.1 Å². The van der Waals surface area contributed by atoms with Gasteiger partial charge in [0, 0.05) is 51.2 Å². The number of imide groups is 1. The van der Waals surface area contributed by atoms with E-state index in [1.54, 1.807) is 17.3 Å². The van der Waals surface area contributed by atoms with Gasteiger partial charge in [-0.15, -0.1) is 0 Å². The van der Waals surface area contributed by atoms with Crippen molar-refractivity contribution < 1.29 is 9.59 Å². The largest absolute Gasteiger partial charge is 0.338 e. The van der Waals surface area contributed by atoms with Gasteiger partial charge in [-0.05, 0) is 55.9 Å². The maximum atomic E-state index is 13.0. The Labute approximate surface area is 171 Å². The van der Waals surface area contributed by atoms with Crippen LogP contribution in [0, 0.1) is 29.6 Å². The van der Waals surface area contributed by atoms with Gasteiger partial charge >= 0.3 is 0 Å². The highest BCUT2D eigenvalue weighted by molar-refractivity contribution is 6.06. The van der Waals surface area contributed by atoms with E-state index >= 15 is 0 Å². The number of aromatic nitrogens is 2. The van der Waals surface area contributed by atoms with Crippen LogP contribution in [0.15, 0.2) is 18.5 Å². The number of carbonyl (C=O) groups excluding carboxylic acids is 2. The smallest absolute Gasteiger partial charge is 0.233 e. The Hall–Kier alpha value is -2.02. The molecule has 0 N–H and O–H groups in total. The minimum absolute atomic E-state index is 0.0204. The third kappa shape index (κ3) is 2.80. The number of anilines is 1. The Morgan fingerprint density at radius 2 is 1.62 bits per heavy atom. The van der Waals surface area contributed by atoms with E-state index in [9.17, 15) is 9.59 Å². The Balaban J connectivity index is 1.09. The first kappa shape index (κ1) is 17.8.